The molecule has 2 N–H and O–H groups in total. The fraction of sp³-hybridized carbons (Fsp3) is 0.303. The number of imidazole rings is 1. The van der Waals surface area contributed by atoms with Crippen molar-refractivity contribution < 1.29 is 28.8 Å². The van der Waals surface area contributed by atoms with E-state index in [2.05, 4.69) is 46.7 Å². The van der Waals surface area contributed by atoms with Crippen LogP contribution in [0.1, 0.15) is 29.8 Å². The van der Waals surface area contributed by atoms with Crippen LogP contribution in [0.25, 0.3) is 11.2 Å². The minimum Gasteiger partial charge on any atom is -0.497 e. The number of nitrogens with zero attached hydrogens (tertiary/aromatic N) is 4. The maximum Gasteiger partial charge on any atom is 0.272 e. The maximum atomic E-state index is 10.4. The summed E-state index contributed by atoms with van der Waals surface area (Å²) >= 11 is 0. The average molecular weight is 596 g/mol. The third kappa shape index (κ3) is 4.70. The molecule has 11 heteroatoms. The highest BCUT2D eigenvalue weighted by Crippen LogP contribution is 2.44. The van der Waals surface area contributed by atoms with Crippen LogP contribution in [0.3, 0.4) is 0 Å². The first-order valence-electron chi connectivity index (χ1n) is 14.4. The number of hydrogen-bond donors (Lipinski definition) is 2. The van der Waals surface area contributed by atoms with Crippen LogP contribution in [0.4, 0.5) is 5.82 Å². The summed E-state index contributed by atoms with van der Waals surface area (Å²) in [6.45, 7) is 0.802. The molecule has 2 unspecified atom stereocenters. The van der Waals surface area contributed by atoms with Gasteiger partial charge in [0, 0.05) is 7.11 Å². The molecule has 2 aromatic heterocycles. The van der Waals surface area contributed by atoms with Crippen molar-refractivity contribution in [3.63, 3.8) is 0 Å². The van der Waals surface area contributed by atoms with Gasteiger partial charge in [0.1, 0.15) is 35.9 Å². The van der Waals surface area contributed by atoms with Gasteiger partial charge in [-0.05, 0) is 35.7 Å². The summed E-state index contributed by atoms with van der Waals surface area (Å²) in [7, 11) is 3.16. The Morgan fingerprint density at radius 1 is 0.818 bits per heavy atom. The Kier molecular flexibility index (Phi) is 7.48. The molecule has 0 amide bonds. The van der Waals surface area contributed by atoms with Gasteiger partial charge in [0.2, 0.25) is 0 Å². The third-order valence-corrected chi connectivity index (χ3v) is 8.31. The Labute approximate surface area is 254 Å². The number of hydrogen-bond acceptors (Lipinski definition) is 10. The molecule has 11 nitrogen and oxygen atoms in total. The van der Waals surface area contributed by atoms with Crippen molar-refractivity contribution in [2.45, 2.75) is 49.6 Å². The molecule has 2 saturated heterocycles. The second-order valence-electron chi connectivity index (χ2n) is 10.8. The summed E-state index contributed by atoms with van der Waals surface area (Å²) in [6, 6.07) is 28.4. The lowest BCUT2D eigenvalue weighted by Gasteiger charge is -2.37. The average Bonchev–Trinajstić information content (AvgIpc) is 3.78. The van der Waals surface area contributed by atoms with Gasteiger partial charge in [-0.2, -0.15) is 0 Å². The Bertz CT molecular complexity index is 1680. The molecule has 3 aromatic carbocycles. The van der Waals surface area contributed by atoms with Gasteiger partial charge in [0.15, 0.2) is 23.2 Å². The summed E-state index contributed by atoms with van der Waals surface area (Å²) in [5, 5.41) is 14.2. The Hall–Kier alpha value is -4.39. The molecule has 2 aliphatic rings. The number of aliphatic hydroxyl groups excluding tert-OH is 1. The zero-order valence-electron chi connectivity index (χ0n) is 24.5. The molecule has 226 valence electrons. The van der Waals surface area contributed by atoms with E-state index in [0.29, 0.717) is 17.0 Å². The monoisotopic (exact) mass is 595 g/mol. The van der Waals surface area contributed by atoms with Gasteiger partial charge in [0.05, 0.1) is 19.5 Å². The molecule has 0 aliphatic carbocycles. The number of aromatic nitrogens is 4. The molecular weight excluding hydrogens is 562 g/mol. The van der Waals surface area contributed by atoms with Gasteiger partial charge in [-0.3, -0.25) is 4.57 Å². The molecule has 6 atom stereocenters. The van der Waals surface area contributed by atoms with E-state index in [-0.39, 0.29) is 0 Å². The first-order valence-corrected chi connectivity index (χ1v) is 14.4. The van der Waals surface area contributed by atoms with Crippen LogP contribution in [0.5, 0.6) is 5.75 Å². The Morgan fingerprint density at radius 2 is 1.45 bits per heavy atom. The van der Waals surface area contributed by atoms with Crippen molar-refractivity contribution in [3.05, 3.63) is 114 Å². The Morgan fingerprint density at radius 3 is 2.07 bits per heavy atom. The van der Waals surface area contributed by atoms with Crippen molar-refractivity contribution >= 4 is 17.0 Å². The van der Waals surface area contributed by atoms with Gasteiger partial charge in [-0.25, -0.2) is 15.0 Å². The summed E-state index contributed by atoms with van der Waals surface area (Å²) in [5.41, 5.74) is 3.20. The number of methoxy groups -OCH3 is 2. The van der Waals surface area contributed by atoms with Crippen molar-refractivity contribution in [1.29, 1.82) is 0 Å². The lowest BCUT2D eigenvalue weighted by atomic mass is 9.77. The van der Waals surface area contributed by atoms with Crippen LogP contribution in [-0.4, -0.2) is 69.7 Å². The highest BCUT2D eigenvalue weighted by atomic mass is 16.9. The summed E-state index contributed by atoms with van der Waals surface area (Å²) in [6.07, 6.45) is -0.00488. The number of nitrogens with one attached hydrogen (secondary N) is 1. The molecule has 44 heavy (non-hydrogen) atoms. The number of anilines is 1. The van der Waals surface area contributed by atoms with Gasteiger partial charge < -0.3 is 34.1 Å². The quantitative estimate of drug-likeness (QED) is 0.240. The smallest absolute Gasteiger partial charge is 0.272 e. The minimum atomic E-state index is -0.861. The molecule has 7 rings (SSSR count). The van der Waals surface area contributed by atoms with Crippen molar-refractivity contribution in [2.75, 3.05) is 19.5 Å². The second kappa shape index (κ2) is 11.6. The minimum absolute atomic E-state index is 0.525. The zero-order chi connectivity index (χ0) is 30.3. The maximum absolute atomic E-state index is 10.4. The highest BCUT2D eigenvalue weighted by Gasteiger charge is 2.55. The van der Waals surface area contributed by atoms with E-state index in [1.807, 2.05) is 48.5 Å². The SMILES string of the molecule is COc1ccc(C(Nc2ncnc3c2ncn3[C@@H]2OC([C@H](C)O)[C@H]3OC(OC)O[C@H]32)(c2ccccc2)c2ccccc2)cc1. The summed E-state index contributed by atoms with van der Waals surface area (Å²) < 4.78 is 30.7. The first kappa shape index (κ1) is 28.4. The van der Waals surface area contributed by atoms with E-state index in [1.165, 1.54) is 13.4 Å². The standard InChI is InChI=1S/C33H33N5O6/c1-20(39)26-27-28(44-32(41-3)43-27)31(42-26)38-19-36-25-29(34-18-35-30(25)38)37-33(21-10-6-4-7-11-21,22-12-8-5-9-13-22)23-14-16-24(40-2)17-15-23/h4-20,26-28,31-32,39H,1-3H3,(H,34,35,37)/t20-,26?,27+,28+,31+,32?/m0/s1. The first-order chi connectivity index (χ1) is 21.5. The van der Waals surface area contributed by atoms with E-state index in [1.54, 1.807) is 24.9 Å². The number of rotatable bonds is 9. The third-order valence-electron chi connectivity index (χ3n) is 8.31. The van der Waals surface area contributed by atoms with Crippen LogP contribution in [0, 0.1) is 0 Å². The van der Waals surface area contributed by atoms with Crippen molar-refractivity contribution in [2.24, 2.45) is 0 Å². The number of aliphatic hydroxyl groups is 1. The predicted octanol–water partition coefficient (Wildman–Crippen LogP) is 4.23. The predicted molar refractivity (Wildman–Crippen MR) is 161 cm³/mol. The zero-order valence-corrected chi connectivity index (χ0v) is 24.5. The van der Waals surface area contributed by atoms with E-state index in [0.717, 1.165) is 22.4 Å². The van der Waals surface area contributed by atoms with E-state index >= 15 is 0 Å². The summed E-state index contributed by atoms with van der Waals surface area (Å²) in [5.74, 6) is 1.28. The molecule has 2 aliphatic heterocycles. The van der Waals surface area contributed by atoms with Crippen LogP contribution in [0.2, 0.25) is 0 Å². The molecule has 0 saturated carbocycles. The molecular formula is C33H33N5O6. The van der Waals surface area contributed by atoms with Crippen LogP contribution < -0.4 is 10.1 Å². The molecule has 2 fully saturated rings. The molecule has 0 bridgehead atoms. The van der Waals surface area contributed by atoms with E-state index < -0.39 is 42.7 Å². The van der Waals surface area contributed by atoms with Gasteiger partial charge in [0.25, 0.3) is 6.48 Å². The van der Waals surface area contributed by atoms with Gasteiger partial charge in [-0.1, -0.05) is 72.8 Å². The topological polar surface area (TPSA) is 122 Å². The Balaban J connectivity index is 1.36. The van der Waals surface area contributed by atoms with Crippen LogP contribution in [0.15, 0.2) is 97.6 Å². The second-order valence-corrected chi connectivity index (χ2v) is 10.8. The number of fused-ring (bicyclic) bond motifs is 2. The highest BCUT2D eigenvalue weighted by molar-refractivity contribution is 5.84. The lowest BCUT2D eigenvalue weighted by Crippen LogP contribution is -2.38. The van der Waals surface area contributed by atoms with Crippen LogP contribution >= 0.6 is 0 Å². The number of benzene rings is 3. The van der Waals surface area contributed by atoms with Gasteiger partial charge in [-0.15, -0.1) is 0 Å². The van der Waals surface area contributed by atoms with E-state index in [9.17, 15) is 5.11 Å². The van der Waals surface area contributed by atoms with Crippen molar-refractivity contribution in [3.8, 4) is 5.75 Å². The van der Waals surface area contributed by atoms with Crippen LogP contribution in [-0.2, 0) is 24.5 Å². The normalized spacial score (nSPS) is 23.9. The fourth-order valence-corrected chi connectivity index (χ4v) is 6.22. The van der Waals surface area contributed by atoms with Gasteiger partial charge >= 0.3 is 0 Å². The molecule has 0 radical (unpaired) electrons. The largest absolute Gasteiger partial charge is 0.497 e. The number of ether oxygens (including phenoxy) is 5. The molecule has 0 spiro atoms. The van der Waals surface area contributed by atoms with E-state index in [4.69, 9.17) is 33.7 Å². The summed E-state index contributed by atoms with van der Waals surface area (Å²) in [4.78, 5) is 14.1. The van der Waals surface area contributed by atoms with Crippen molar-refractivity contribution in [1.82, 2.24) is 19.5 Å². The molecule has 5 aromatic rings. The lowest BCUT2D eigenvalue weighted by molar-refractivity contribution is -0.259. The molecule has 4 heterocycles. The fourth-order valence-electron chi connectivity index (χ4n) is 6.22.